The Labute approximate surface area is 139 Å². The molecule has 2 saturated carbocycles. The van der Waals surface area contributed by atoms with E-state index in [1.54, 1.807) is 0 Å². The maximum atomic E-state index is 10.6. The molecule has 3 nitrogen and oxygen atoms in total. The number of hydrogen-bond acceptors (Lipinski definition) is 3. The predicted molar refractivity (Wildman–Crippen MR) is 91.7 cm³/mol. The minimum Gasteiger partial charge on any atom is -0.508 e. The van der Waals surface area contributed by atoms with Crippen molar-refractivity contribution in [2.45, 2.75) is 64.0 Å². The highest BCUT2D eigenvalue weighted by Crippen LogP contribution is 2.61. The minimum atomic E-state index is -0.212. The summed E-state index contributed by atoms with van der Waals surface area (Å²) in [6.45, 7) is 4.54. The number of aliphatic hydroxyl groups is 1. The number of phenolic OH excluding ortho intramolecular Hbond substituents is 1. The van der Waals surface area contributed by atoms with Crippen LogP contribution in [0, 0.1) is 24.2 Å². The Balaban J connectivity index is 1.73. The van der Waals surface area contributed by atoms with Crippen LogP contribution in [0.25, 0.3) is 0 Å². The molecule has 3 N–H and O–H groups in total. The fourth-order valence-corrected chi connectivity index (χ4v) is 6.49. The Morgan fingerprint density at radius 1 is 1.26 bits per heavy atom. The molecule has 1 aromatic rings. The van der Waals surface area contributed by atoms with Crippen molar-refractivity contribution in [3.63, 3.8) is 0 Å². The van der Waals surface area contributed by atoms with Crippen molar-refractivity contribution in [2.75, 3.05) is 7.05 Å². The van der Waals surface area contributed by atoms with Crippen LogP contribution in [0.2, 0.25) is 0 Å². The van der Waals surface area contributed by atoms with Crippen molar-refractivity contribution in [3.05, 3.63) is 28.8 Å². The average molecular weight is 315 g/mol. The van der Waals surface area contributed by atoms with Gasteiger partial charge in [-0.3, -0.25) is 0 Å². The molecule has 3 aliphatic rings. The van der Waals surface area contributed by atoms with Gasteiger partial charge in [0.15, 0.2) is 0 Å². The maximum Gasteiger partial charge on any atom is 0.116 e. The highest BCUT2D eigenvalue weighted by molar-refractivity contribution is 5.45. The standard InChI is InChI=1S/C20H29NO2/c1-11-8-13(22)9-12-4-5-14-15(18(11)12)6-7-20(2)16(14)10-17(23)19(20)21-3/h8-9,14-17,19,21-23H,4-7,10H2,1-3H3/t14-,15+,16+,17-,19+,20+/m1/s1. The molecule has 1 aromatic carbocycles. The molecular formula is C20H29NO2. The lowest BCUT2D eigenvalue weighted by atomic mass is 9.54. The molecule has 0 aliphatic heterocycles. The van der Waals surface area contributed by atoms with Crippen LogP contribution in [0.15, 0.2) is 12.1 Å². The Morgan fingerprint density at radius 2 is 2.04 bits per heavy atom. The van der Waals surface area contributed by atoms with Crippen LogP contribution >= 0.6 is 0 Å². The second kappa shape index (κ2) is 5.22. The van der Waals surface area contributed by atoms with Gasteiger partial charge in [-0.25, -0.2) is 0 Å². The van der Waals surface area contributed by atoms with Gasteiger partial charge in [-0.05, 0) is 98.1 Å². The number of likely N-dealkylation sites (N-methyl/N-ethyl adjacent to an activating group) is 1. The highest BCUT2D eigenvalue weighted by Gasteiger charge is 2.57. The van der Waals surface area contributed by atoms with E-state index in [2.05, 4.69) is 19.2 Å². The summed E-state index contributed by atoms with van der Waals surface area (Å²) in [5.74, 6) is 2.31. The van der Waals surface area contributed by atoms with Crippen molar-refractivity contribution in [1.29, 1.82) is 0 Å². The molecule has 4 rings (SSSR count). The fourth-order valence-electron chi connectivity index (χ4n) is 6.49. The largest absolute Gasteiger partial charge is 0.508 e. The molecule has 126 valence electrons. The van der Waals surface area contributed by atoms with Crippen molar-refractivity contribution in [3.8, 4) is 5.75 Å². The molecule has 0 aromatic heterocycles. The fraction of sp³-hybridized carbons (Fsp3) is 0.700. The molecule has 0 saturated heterocycles. The summed E-state index contributed by atoms with van der Waals surface area (Å²) in [4.78, 5) is 0. The van der Waals surface area contributed by atoms with Crippen LogP contribution in [-0.4, -0.2) is 29.4 Å². The Kier molecular flexibility index (Phi) is 3.51. The van der Waals surface area contributed by atoms with Crippen LogP contribution < -0.4 is 5.32 Å². The SMILES string of the molecule is CN[C@H]1[C@H](O)C[C@H]2[C@@H]3CCc4cc(O)cc(C)c4[C@H]3CC[C@@]21C. The first-order valence-electron chi connectivity index (χ1n) is 9.13. The molecule has 0 radical (unpaired) electrons. The normalized spacial score (nSPS) is 42.0. The summed E-state index contributed by atoms with van der Waals surface area (Å²) in [5, 5.41) is 23.9. The quantitative estimate of drug-likeness (QED) is 0.746. The first-order chi connectivity index (χ1) is 11.0. The zero-order valence-electron chi connectivity index (χ0n) is 14.5. The van der Waals surface area contributed by atoms with Gasteiger partial charge in [-0.2, -0.15) is 0 Å². The van der Waals surface area contributed by atoms with Crippen LogP contribution in [0.4, 0.5) is 0 Å². The molecule has 0 heterocycles. The van der Waals surface area contributed by atoms with Crippen LogP contribution in [0.5, 0.6) is 5.75 Å². The van der Waals surface area contributed by atoms with Crippen molar-refractivity contribution in [1.82, 2.24) is 5.32 Å². The highest BCUT2D eigenvalue weighted by atomic mass is 16.3. The van der Waals surface area contributed by atoms with E-state index in [1.165, 1.54) is 36.0 Å². The lowest BCUT2D eigenvalue weighted by Gasteiger charge is -2.51. The second-order valence-corrected chi connectivity index (χ2v) is 8.36. The van der Waals surface area contributed by atoms with Gasteiger partial charge in [0.05, 0.1) is 6.10 Å². The Morgan fingerprint density at radius 3 is 2.78 bits per heavy atom. The van der Waals surface area contributed by atoms with Gasteiger partial charge in [0, 0.05) is 6.04 Å². The number of rotatable bonds is 1. The monoisotopic (exact) mass is 315 g/mol. The molecule has 2 fully saturated rings. The van der Waals surface area contributed by atoms with Gasteiger partial charge < -0.3 is 15.5 Å². The molecule has 0 spiro atoms. The zero-order valence-corrected chi connectivity index (χ0v) is 14.5. The summed E-state index contributed by atoms with van der Waals surface area (Å²) in [6, 6.07) is 4.14. The number of hydrogen-bond donors (Lipinski definition) is 3. The summed E-state index contributed by atoms with van der Waals surface area (Å²) >= 11 is 0. The number of aliphatic hydroxyl groups excluding tert-OH is 1. The van der Waals surface area contributed by atoms with E-state index in [1.807, 2.05) is 19.2 Å². The van der Waals surface area contributed by atoms with Crippen molar-refractivity contribution >= 4 is 0 Å². The molecule has 0 amide bonds. The van der Waals surface area contributed by atoms with E-state index in [9.17, 15) is 10.2 Å². The number of benzene rings is 1. The number of phenols is 1. The lowest BCUT2D eigenvalue weighted by Crippen LogP contribution is -2.50. The number of nitrogens with one attached hydrogen (secondary N) is 1. The van der Waals surface area contributed by atoms with E-state index < -0.39 is 0 Å². The first kappa shape index (κ1) is 15.5. The summed E-state index contributed by atoms with van der Waals surface area (Å²) in [5.41, 5.74) is 4.33. The molecule has 6 atom stereocenters. The van der Waals surface area contributed by atoms with E-state index in [0.29, 0.717) is 23.5 Å². The molecule has 0 bridgehead atoms. The van der Waals surface area contributed by atoms with Crippen molar-refractivity contribution < 1.29 is 10.2 Å². The smallest absolute Gasteiger partial charge is 0.116 e. The molecular weight excluding hydrogens is 286 g/mol. The minimum absolute atomic E-state index is 0.212. The van der Waals surface area contributed by atoms with Gasteiger partial charge in [-0.1, -0.05) is 6.92 Å². The van der Waals surface area contributed by atoms with Crippen LogP contribution in [0.3, 0.4) is 0 Å². The van der Waals surface area contributed by atoms with Gasteiger partial charge in [-0.15, -0.1) is 0 Å². The second-order valence-electron chi connectivity index (χ2n) is 8.36. The molecule has 0 unspecified atom stereocenters. The van der Waals surface area contributed by atoms with Gasteiger partial charge in [0.25, 0.3) is 0 Å². The van der Waals surface area contributed by atoms with E-state index >= 15 is 0 Å². The Hall–Kier alpha value is -1.06. The van der Waals surface area contributed by atoms with E-state index in [4.69, 9.17) is 0 Å². The van der Waals surface area contributed by atoms with E-state index in [-0.39, 0.29) is 17.6 Å². The Bertz CT molecular complexity index is 628. The predicted octanol–water partition coefficient (Wildman–Crippen LogP) is 3.12. The zero-order chi connectivity index (χ0) is 16.4. The van der Waals surface area contributed by atoms with Gasteiger partial charge in [0.2, 0.25) is 0 Å². The summed E-state index contributed by atoms with van der Waals surface area (Å²) < 4.78 is 0. The molecule has 23 heavy (non-hydrogen) atoms. The topological polar surface area (TPSA) is 52.5 Å². The molecule has 3 heteroatoms. The van der Waals surface area contributed by atoms with Gasteiger partial charge in [0.1, 0.15) is 5.75 Å². The van der Waals surface area contributed by atoms with Gasteiger partial charge >= 0.3 is 0 Å². The third kappa shape index (κ3) is 2.09. The lowest BCUT2D eigenvalue weighted by molar-refractivity contribution is 0.0381. The number of aryl methyl sites for hydroxylation is 2. The summed E-state index contributed by atoms with van der Waals surface area (Å²) in [7, 11) is 2.00. The first-order valence-corrected chi connectivity index (χ1v) is 9.13. The number of fused-ring (bicyclic) bond motifs is 5. The summed E-state index contributed by atoms with van der Waals surface area (Å²) in [6.07, 6.45) is 5.39. The maximum absolute atomic E-state index is 10.6. The van der Waals surface area contributed by atoms with E-state index in [0.717, 1.165) is 12.8 Å². The third-order valence-corrected chi connectivity index (χ3v) is 7.35. The third-order valence-electron chi connectivity index (χ3n) is 7.35. The van der Waals surface area contributed by atoms with Crippen LogP contribution in [-0.2, 0) is 6.42 Å². The van der Waals surface area contributed by atoms with Crippen molar-refractivity contribution in [2.24, 2.45) is 17.3 Å². The van der Waals surface area contributed by atoms with Crippen LogP contribution in [0.1, 0.15) is 55.2 Å². The average Bonchev–Trinajstić information content (AvgIpc) is 2.76. The number of aromatic hydroxyl groups is 1. The molecule has 3 aliphatic carbocycles.